The number of nitrogens with zero attached hydrogens (tertiary/aromatic N) is 2. The van der Waals surface area contributed by atoms with Gasteiger partial charge in [-0.1, -0.05) is 25.3 Å². The number of esters is 1. The number of rotatable bonds is 5. The van der Waals surface area contributed by atoms with Crippen molar-refractivity contribution in [2.45, 2.75) is 57.6 Å². The summed E-state index contributed by atoms with van der Waals surface area (Å²) >= 11 is 0. The Balaban J connectivity index is 1.69. The molecule has 1 atom stereocenters. The predicted molar refractivity (Wildman–Crippen MR) is 85.3 cm³/mol. The fourth-order valence-electron chi connectivity index (χ4n) is 3.50. The predicted octanol–water partition coefficient (Wildman–Crippen LogP) is 2.70. The van der Waals surface area contributed by atoms with E-state index in [4.69, 9.17) is 4.74 Å². The van der Waals surface area contributed by atoms with Gasteiger partial charge in [0.05, 0.1) is 12.2 Å². The molecule has 1 aliphatic carbocycles. The van der Waals surface area contributed by atoms with Gasteiger partial charge in [0.2, 0.25) is 0 Å². The van der Waals surface area contributed by atoms with E-state index in [0.29, 0.717) is 25.3 Å². The Morgan fingerprint density at radius 2 is 2.04 bits per heavy atom. The fraction of sp³-hybridized carbons (Fsp3) is 0.611. The first-order valence-corrected chi connectivity index (χ1v) is 8.60. The summed E-state index contributed by atoms with van der Waals surface area (Å²) < 4.78 is 5.18. The van der Waals surface area contributed by atoms with Crippen LogP contribution in [0.5, 0.6) is 0 Å². The highest BCUT2D eigenvalue weighted by Crippen LogP contribution is 2.26. The van der Waals surface area contributed by atoms with Crippen LogP contribution in [0.2, 0.25) is 0 Å². The van der Waals surface area contributed by atoms with E-state index in [0.717, 1.165) is 12.2 Å². The molecule has 5 nitrogen and oxygen atoms in total. The zero-order valence-electron chi connectivity index (χ0n) is 13.4. The van der Waals surface area contributed by atoms with Gasteiger partial charge >= 0.3 is 5.97 Å². The van der Waals surface area contributed by atoms with Crippen molar-refractivity contribution in [1.82, 2.24) is 9.88 Å². The molecule has 1 aromatic heterocycles. The first-order chi connectivity index (χ1) is 11.2. The number of aromatic nitrogens is 1. The Labute approximate surface area is 137 Å². The van der Waals surface area contributed by atoms with Crippen LogP contribution in [-0.4, -0.2) is 34.4 Å². The molecule has 2 fully saturated rings. The third-order valence-electron chi connectivity index (χ3n) is 4.75. The van der Waals surface area contributed by atoms with Gasteiger partial charge in [0.25, 0.3) is 5.91 Å². The average molecular weight is 316 g/mol. The van der Waals surface area contributed by atoms with Gasteiger partial charge in [0, 0.05) is 25.6 Å². The summed E-state index contributed by atoms with van der Waals surface area (Å²) in [6, 6.07) is 5.73. The summed E-state index contributed by atoms with van der Waals surface area (Å²) in [6.07, 6.45) is 8.13. The summed E-state index contributed by atoms with van der Waals surface area (Å²) in [7, 11) is 0. The van der Waals surface area contributed by atoms with Gasteiger partial charge in [0.1, 0.15) is 0 Å². The minimum atomic E-state index is -0.602. The second-order valence-corrected chi connectivity index (χ2v) is 6.56. The third kappa shape index (κ3) is 4.30. The van der Waals surface area contributed by atoms with Crippen LogP contribution in [0.25, 0.3) is 0 Å². The van der Waals surface area contributed by atoms with Crippen molar-refractivity contribution in [1.29, 1.82) is 0 Å². The van der Waals surface area contributed by atoms with Crippen molar-refractivity contribution in [2.75, 3.05) is 6.54 Å². The summed E-state index contributed by atoms with van der Waals surface area (Å²) in [5.41, 5.74) is 0.876. The van der Waals surface area contributed by atoms with Crippen LogP contribution in [0.3, 0.4) is 0 Å². The topological polar surface area (TPSA) is 59.5 Å². The quantitative estimate of drug-likeness (QED) is 0.784. The maximum absolute atomic E-state index is 12.8. The average Bonchev–Trinajstić information content (AvgIpc) is 3.02. The van der Waals surface area contributed by atoms with E-state index in [-0.39, 0.29) is 11.9 Å². The van der Waals surface area contributed by atoms with E-state index in [2.05, 4.69) is 4.98 Å². The van der Waals surface area contributed by atoms with Crippen molar-refractivity contribution in [3.8, 4) is 0 Å². The van der Waals surface area contributed by atoms with Gasteiger partial charge in [-0.3, -0.25) is 14.6 Å². The zero-order chi connectivity index (χ0) is 16.1. The Morgan fingerprint density at radius 1 is 1.22 bits per heavy atom. The highest BCUT2D eigenvalue weighted by Gasteiger charge is 2.34. The Bertz CT molecular complexity index is 540. The van der Waals surface area contributed by atoms with E-state index in [1.54, 1.807) is 6.20 Å². The van der Waals surface area contributed by atoms with Crippen LogP contribution in [0.1, 0.15) is 50.6 Å². The summed E-state index contributed by atoms with van der Waals surface area (Å²) in [4.78, 5) is 30.3. The number of hydrogen-bond donors (Lipinski definition) is 0. The molecule has 23 heavy (non-hydrogen) atoms. The Kier molecular flexibility index (Phi) is 5.26. The summed E-state index contributed by atoms with van der Waals surface area (Å²) in [5, 5.41) is 0. The molecule has 0 spiro atoms. The molecule has 0 unspecified atom stereocenters. The lowest BCUT2D eigenvalue weighted by molar-refractivity contribution is -0.153. The number of amides is 1. The van der Waals surface area contributed by atoms with Gasteiger partial charge in [-0.25, -0.2) is 0 Å². The largest absolute Gasteiger partial charge is 0.452 e. The minimum Gasteiger partial charge on any atom is -0.452 e. The number of carbonyl (C=O) groups is 2. The van der Waals surface area contributed by atoms with Crippen LogP contribution in [0.4, 0.5) is 0 Å². The zero-order valence-corrected chi connectivity index (χ0v) is 13.4. The second-order valence-electron chi connectivity index (χ2n) is 6.56. The van der Waals surface area contributed by atoms with Crippen LogP contribution in [0, 0.1) is 5.92 Å². The van der Waals surface area contributed by atoms with E-state index in [1.807, 2.05) is 23.1 Å². The van der Waals surface area contributed by atoms with Crippen LogP contribution in [-0.2, 0) is 20.9 Å². The summed E-state index contributed by atoms with van der Waals surface area (Å²) in [5.74, 6) is 0.222. The standard InChI is InChI=1S/C18H24N2O3/c21-17-10-9-16(23-17)18(22)20(12-14-6-2-1-3-7-14)13-15-8-4-5-11-19-15/h4-5,8,11,14,16H,1-3,6-7,9-10,12-13H2/t16-/m0/s1. The smallest absolute Gasteiger partial charge is 0.306 e. The maximum Gasteiger partial charge on any atom is 0.306 e. The molecule has 0 radical (unpaired) electrons. The molecular weight excluding hydrogens is 292 g/mol. The molecule has 5 heteroatoms. The molecule has 0 bridgehead atoms. The van der Waals surface area contributed by atoms with Gasteiger partial charge in [-0.15, -0.1) is 0 Å². The Morgan fingerprint density at radius 3 is 2.70 bits per heavy atom. The molecule has 3 rings (SSSR count). The van der Waals surface area contributed by atoms with Crippen LogP contribution < -0.4 is 0 Å². The highest BCUT2D eigenvalue weighted by atomic mass is 16.6. The van der Waals surface area contributed by atoms with Crippen LogP contribution >= 0.6 is 0 Å². The van der Waals surface area contributed by atoms with Crippen molar-refractivity contribution >= 4 is 11.9 Å². The van der Waals surface area contributed by atoms with Crippen LogP contribution in [0.15, 0.2) is 24.4 Å². The number of pyridine rings is 1. The molecule has 2 aliphatic rings. The molecule has 1 aliphatic heterocycles. The number of cyclic esters (lactones) is 1. The Hall–Kier alpha value is -1.91. The van der Waals surface area contributed by atoms with Crippen molar-refractivity contribution in [2.24, 2.45) is 5.92 Å². The minimum absolute atomic E-state index is 0.0629. The highest BCUT2D eigenvalue weighted by molar-refractivity contribution is 5.86. The molecule has 1 aromatic rings. The number of carbonyl (C=O) groups excluding carboxylic acids is 2. The molecule has 0 aromatic carbocycles. The van der Waals surface area contributed by atoms with Crippen molar-refractivity contribution in [3.63, 3.8) is 0 Å². The lowest BCUT2D eigenvalue weighted by atomic mass is 9.89. The SMILES string of the molecule is O=C1CC[C@@H](C(=O)N(Cc2ccccn2)CC2CCCCC2)O1. The molecule has 124 valence electrons. The van der Waals surface area contributed by atoms with E-state index >= 15 is 0 Å². The molecule has 1 saturated carbocycles. The number of ether oxygens (including phenoxy) is 1. The second kappa shape index (κ2) is 7.57. The van der Waals surface area contributed by atoms with Gasteiger partial charge < -0.3 is 9.64 Å². The van der Waals surface area contributed by atoms with Crippen molar-refractivity contribution in [3.05, 3.63) is 30.1 Å². The number of hydrogen-bond acceptors (Lipinski definition) is 4. The van der Waals surface area contributed by atoms with E-state index < -0.39 is 6.10 Å². The van der Waals surface area contributed by atoms with E-state index in [1.165, 1.54) is 32.1 Å². The third-order valence-corrected chi connectivity index (χ3v) is 4.75. The fourth-order valence-corrected chi connectivity index (χ4v) is 3.50. The molecule has 1 amide bonds. The van der Waals surface area contributed by atoms with Gasteiger partial charge in [-0.2, -0.15) is 0 Å². The summed E-state index contributed by atoms with van der Waals surface area (Å²) in [6.45, 7) is 1.23. The lowest BCUT2D eigenvalue weighted by Crippen LogP contribution is -2.41. The lowest BCUT2D eigenvalue weighted by Gasteiger charge is -2.31. The first kappa shape index (κ1) is 16.0. The maximum atomic E-state index is 12.8. The van der Waals surface area contributed by atoms with Crippen molar-refractivity contribution < 1.29 is 14.3 Å². The van der Waals surface area contributed by atoms with Gasteiger partial charge in [-0.05, 0) is 30.9 Å². The molecule has 0 N–H and O–H groups in total. The monoisotopic (exact) mass is 316 g/mol. The normalized spacial score (nSPS) is 21.9. The molecule has 2 heterocycles. The molecular formula is C18H24N2O3. The van der Waals surface area contributed by atoms with Gasteiger partial charge in [0.15, 0.2) is 6.10 Å². The molecule has 1 saturated heterocycles. The first-order valence-electron chi connectivity index (χ1n) is 8.60. The van der Waals surface area contributed by atoms with E-state index in [9.17, 15) is 9.59 Å².